The van der Waals surface area contributed by atoms with Crippen molar-refractivity contribution in [3.63, 3.8) is 0 Å². The molecule has 0 amide bonds. The van der Waals surface area contributed by atoms with Crippen molar-refractivity contribution >= 4 is 27.4 Å². The lowest BCUT2D eigenvalue weighted by molar-refractivity contribution is -0.103. The summed E-state index contributed by atoms with van der Waals surface area (Å²) in [5.74, 6) is 0. The average molecular weight is 223 g/mol. The molecule has 1 aromatic rings. The Balaban J connectivity index is 2.78. The van der Waals surface area contributed by atoms with Crippen LogP contribution < -0.4 is 0 Å². The standard InChI is InChI=1S/C9H5NO4S/c11-4-6-5-15(13,14)9-2-1-7(10-12)3-8(6)9/h1-5H. The number of rotatable bonds is 2. The van der Waals surface area contributed by atoms with Crippen molar-refractivity contribution in [2.75, 3.05) is 0 Å². The van der Waals surface area contributed by atoms with Gasteiger partial charge in [0.25, 0.3) is 0 Å². The quantitative estimate of drug-likeness (QED) is 0.560. The topological polar surface area (TPSA) is 80.6 Å². The molecule has 1 heterocycles. The summed E-state index contributed by atoms with van der Waals surface area (Å²) in [5, 5.41) is 3.56. The van der Waals surface area contributed by atoms with Gasteiger partial charge in [-0.3, -0.25) is 4.79 Å². The summed E-state index contributed by atoms with van der Waals surface area (Å²) in [6.45, 7) is 0. The van der Waals surface area contributed by atoms with Crippen LogP contribution in [0.5, 0.6) is 0 Å². The first-order valence-corrected chi connectivity index (χ1v) is 5.53. The molecule has 76 valence electrons. The van der Waals surface area contributed by atoms with Gasteiger partial charge in [-0.1, -0.05) is 0 Å². The van der Waals surface area contributed by atoms with Gasteiger partial charge in [0, 0.05) is 16.5 Å². The number of benzene rings is 1. The fourth-order valence-electron chi connectivity index (χ4n) is 1.43. The molecule has 0 saturated heterocycles. The number of allylic oxidation sites excluding steroid dienone is 1. The maximum Gasteiger partial charge on any atom is 0.201 e. The molecule has 0 aliphatic carbocycles. The van der Waals surface area contributed by atoms with E-state index in [1.807, 2.05) is 0 Å². The van der Waals surface area contributed by atoms with Crippen LogP contribution >= 0.6 is 0 Å². The van der Waals surface area contributed by atoms with Gasteiger partial charge in [-0.25, -0.2) is 8.42 Å². The first-order chi connectivity index (χ1) is 7.08. The van der Waals surface area contributed by atoms with Crippen LogP contribution in [-0.4, -0.2) is 14.7 Å². The lowest BCUT2D eigenvalue weighted by Gasteiger charge is -1.98. The number of fused-ring (bicyclic) bond motifs is 1. The van der Waals surface area contributed by atoms with Crippen LogP contribution in [0.15, 0.2) is 33.7 Å². The Morgan fingerprint density at radius 2 is 2.00 bits per heavy atom. The fraction of sp³-hybridized carbons (Fsp3) is 0. The molecule has 1 aliphatic heterocycles. The van der Waals surface area contributed by atoms with Gasteiger partial charge in [-0.15, -0.1) is 4.91 Å². The minimum Gasteiger partial charge on any atom is -0.298 e. The first kappa shape index (κ1) is 9.72. The summed E-state index contributed by atoms with van der Waals surface area (Å²) >= 11 is 0. The fourth-order valence-corrected chi connectivity index (χ4v) is 2.82. The van der Waals surface area contributed by atoms with Crippen LogP contribution in [0.3, 0.4) is 0 Å². The zero-order valence-electron chi connectivity index (χ0n) is 7.38. The summed E-state index contributed by atoms with van der Waals surface area (Å²) in [5.41, 5.74) is 0.385. The van der Waals surface area contributed by atoms with Crippen molar-refractivity contribution < 1.29 is 13.2 Å². The van der Waals surface area contributed by atoms with Crippen molar-refractivity contribution in [2.45, 2.75) is 4.90 Å². The molecule has 15 heavy (non-hydrogen) atoms. The van der Waals surface area contributed by atoms with E-state index in [1.54, 1.807) is 0 Å². The van der Waals surface area contributed by atoms with Crippen molar-refractivity contribution in [2.24, 2.45) is 5.18 Å². The van der Waals surface area contributed by atoms with Crippen LogP contribution in [0.25, 0.3) is 5.57 Å². The second-order valence-electron chi connectivity index (χ2n) is 3.01. The number of nitroso groups, excluding NO2 is 1. The molecule has 1 aromatic carbocycles. The van der Waals surface area contributed by atoms with Gasteiger partial charge in [-0.2, -0.15) is 0 Å². The molecule has 2 rings (SSSR count). The molecule has 0 saturated carbocycles. The number of hydrogen-bond donors (Lipinski definition) is 0. The highest BCUT2D eigenvalue weighted by atomic mass is 32.2. The minimum atomic E-state index is -3.53. The molecule has 0 radical (unpaired) electrons. The average Bonchev–Trinajstić information content (AvgIpc) is 2.50. The van der Waals surface area contributed by atoms with Crippen molar-refractivity contribution in [3.05, 3.63) is 34.1 Å². The molecule has 0 unspecified atom stereocenters. The second-order valence-corrected chi connectivity index (χ2v) is 4.77. The van der Waals surface area contributed by atoms with Crippen molar-refractivity contribution in [3.8, 4) is 0 Å². The second kappa shape index (κ2) is 3.09. The predicted octanol–water partition coefficient (Wildman–Crippen LogP) is 1.41. The summed E-state index contributed by atoms with van der Waals surface area (Å²) in [7, 11) is -3.53. The van der Waals surface area contributed by atoms with E-state index in [-0.39, 0.29) is 21.7 Å². The Labute approximate surface area is 85.3 Å². The molecule has 0 spiro atoms. The van der Waals surface area contributed by atoms with Gasteiger partial charge >= 0.3 is 0 Å². The number of hydrogen-bond acceptors (Lipinski definition) is 5. The molecular weight excluding hydrogens is 218 g/mol. The molecule has 0 bridgehead atoms. The third kappa shape index (κ3) is 1.39. The van der Waals surface area contributed by atoms with Gasteiger partial charge in [0.05, 0.1) is 4.90 Å². The van der Waals surface area contributed by atoms with E-state index in [1.165, 1.54) is 18.2 Å². The van der Waals surface area contributed by atoms with Crippen molar-refractivity contribution in [1.29, 1.82) is 0 Å². The molecule has 0 N–H and O–H groups in total. The first-order valence-electron chi connectivity index (χ1n) is 3.98. The third-order valence-corrected chi connectivity index (χ3v) is 3.63. The lowest BCUT2D eigenvalue weighted by Crippen LogP contribution is -1.92. The third-order valence-electron chi connectivity index (χ3n) is 2.10. The Kier molecular flexibility index (Phi) is 2.01. The predicted molar refractivity (Wildman–Crippen MR) is 53.1 cm³/mol. The molecule has 6 heteroatoms. The highest BCUT2D eigenvalue weighted by Crippen LogP contribution is 2.34. The summed E-state index contributed by atoms with van der Waals surface area (Å²) in [6.07, 6.45) is 0.442. The Hall–Kier alpha value is -1.82. The van der Waals surface area contributed by atoms with Crippen molar-refractivity contribution in [1.82, 2.24) is 0 Å². The minimum absolute atomic E-state index is 0.0389. The van der Waals surface area contributed by atoms with Crippen LogP contribution in [0.4, 0.5) is 5.69 Å². The molecular formula is C9H5NO4S. The van der Waals surface area contributed by atoms with Gasteiger partial charge in [-0.05, 0) is 23.4 Å². The zero-order valence-corrected chi connectivity index (χ0v) is 8.19. The Morgan fingerprint density at radius 1 is 1.27 bits per heavy atom. The molecule has 0 aromatic heterocycles. The smallest absolute Gasteiger partial charge is 0.201 e. The van der Waals surface area contributed by atoms with Gasteiger partial charge < -0.3 is 0 Å². The lowest BCUT2D eigenvalue weighted by atomic mass is 10.1. The summed E-state index contributed by atoms with van der Waals surface area (Å²) < 4.78 is 23.0. The molecule has 1 aliphatic rings. The number of carbonyl (C=O) groups excluding carboxylic acids is 1. The Bertz CT molecular complexity index is 586. The number of sulfone groups is 1. The van der Waals surface area contributed by atoms with Crippen LogP contribution in [0.1, 0.15) is 5.56 Å². The zero-order chi connectivity index (χ0) is 11.1. The van der Waals surface area contributed by atoms with Crippen LogP contribution in [0, 0.1) is 4.91 Å². The van der Waals surface area contributed by atoms with E-state index < -0.39 is 9.84 Å². The monoisotopic (exact) mass is 223 g/mol. The molecule has 0 atom stereocenters. The number of carbonyl (C=O) groups is 1. The Morgan fingerprint density at radius 3 is 2.60 bits per heavy atom. The van der Waals surface area contributed by atoms with E-state index >= 15 is 0 Å². The number of aldehydes is 1. The normalized spacial score (nSPS) is 16.7. The van der Waals surface area contributed by atoms with Gasteiger partial charge in [0.2, 0.25) is 9.84 Å². The van der Waals surface area contributed by atoms with E-state index in [4.69, 9.17) is 0 Å². The summed E-state index contributed by atoms with van der Waals surface area (Å²) in [6, 6.07) is 3.85. The SMILES string of the molecule is O=CC1=CS(=O)(=O)c2ccc(N=O)cc21. The van der Waals surface area contributed by atoms with Crippen LogP contribution in [-0.2, 0) is 14.6 Å². The maximum absolute atomic E-state index is 11.5. The summed E-state index contributed by atoms with van der Waals surface area (Å²) in [4.78, 5) is 20.9. The van der Waals surface area contributed by atoms with Gasteiger partial charge in [0.1, 0.15) is 5.69 Å². The van der Waals surface area contributed by atoms with E-state index in [2.05, 4.69) is 5.18 Å². The van der Waals surface area contributed by atoms with Gasteiger partial charge in [0.15, 0.2) is 6.29 Å². The largest absolute Gasteiger partial charge is 0.298 e. The highest BCUT2D eigenvalue weighted by Gasteiger charge is 2.26. The maximum atomic E-state index is 11.5. The van der Waals surface area contributed by atoms with Crippen LogP contribution in [0.2, 0.25) is 0 Å². The molecule has 0 fully saturated rings. The molecule has 5 nitrogen and oxygen atoms in total. The van der Waals surface area contributed by atoms with E-state index in [0.29, 0.717) is 6.29 Å². The number of nitrogens with zero attached hydrogens (tertiary/aromatic N) is 1. The van der Waals surface area contributed by atoms with E-state index in [9.17, 15) is 18.1 Å². The van der Waals surface area contributed by atoms with E-state index in [0.717, 1.165) is 5.41 Å². The highest BCUT2D eigenvalue weighted by molar-refractivity contribution is 7.95.